The number of carbonyl (C=O) groups excluding carboxylic acids is 1. The average Bonchev–Trinajstić information content (AvgIpc) is 2.46. The lowest BCUT2D eigenvalue weighted by molar-refractivity contribution is 0.104. The molecular formula is C16H16N2O2S. The number of benzene rings is 1. The van der Waals surface area contributed by atoms with E-state index in [0.717, 1.165) is 17.1 Å². The van der Waals surface area contributed by atoms with Crippen molar-refractivity contribution in [3.63, 3.8) is 0 Å². The molecule has 1 heterocycles. The lowest BCUT2D eigenvalue weighted by Crippen LogP contribution is -1.94. The Kier molecular flexibility index (Phi) is 5.11. The number of carbonyl (C=O) groups is 1. The molecule has 4 nitrogen and oxygen atoms in total. The highest BCUT2D eigenvalue weighted by Gasteiger charge is 2.03. The van der Waals surface area contributed by atoms with Crippen molar-refractivity contribution in [1.82, 2.24) is 9.97 Å². The van der Waals surface area contributed by atoms with Crippen LogP contribution in [0.3, 0.4) is 0 Å². The zero-order chi connectivity index (χ0) is 15.2. The number of hydrogen-bond acceptors (Lipinski definition) is 5. The van der Waals surface area contributed by atoms with Gasteiger partial charge >= 0.3 is 0 Å². The second-order valence-corrected chi connectivity index (χ2v) is 5.32. The summed E-state index contributed by atoms with van der Waals surface area (Å²) >= 11 is 1.33. The maximum Gasteiger partial charge on any atom is 0.192 e. The van der Waals surface area contributed by atoms with E-state index in [1.54, 1.807) is 36.8 Å². The summed E-state index contributed by atoms with van der Waals surface area (Å²) in [5.41, 5.74) is 2.45. The van der Waals surface area contributed by atoms with Crippen molar-refractivity contribution in [2.75, 3.05) is 7.11 Å². The van der Waals surface area contributed by atoms with E-state index in [0.29, 0.717) is 10.7 Å². The van der Waals surface area contributed by atoms with Gasteiger partial charge in [-0.25, -0.2) is 9.97 Å². The molecule has 0 bridgehead atoms. The summed E-state index contributed by atoms with van der Waals surface area (Å²) in [5.74, 6) is 0.670. The van der Waals surface area contributed by atoms with Gasteiger partial charge in [-0.05, 0) is 55.7 Å². The summed E-state index contributed by atoms with van der Waals surface area (Å²) in [6, 6.07) is 8.92. The summed E-state index contributed by atoms with van der Waals surface area (Å²) in [5, 5.41) is 2.35. The summed E-state index contributed by atoms with van der Waals surface area (Å²) in [4.78, 5) is 20.6. The summed E-state index contributed by atoms with van der Waals surface area (Å²) in [6.07, 6.45) is 1.52. The molecule has 0 saturated carbocycles. The van der Waals surface area contributed by atoms with Crippen LogP contribution in [-0.2, 0) is 0 Å². The highest BCUT2D eigenvalue weighted by atomic mass is 32.2. The molecule has 0 fully saturated rings. The van der Waals surface area contributed by atoms with Crippen LogP contribution in [0.4, 0.5) is 0 Å². The van der Waals surface area contributed by atoms with Crippen LogP contribution in [0, 0.1) is 13.8 Å². The van der Waals surface area contributed by atoms with Gasteiger partial charge in [0, 0.05) is 17.0 Å². The highest BCUT2D eigenvalue weighted by molar-refractivity contribution is 8.02. The minimum absolute atomic E-state index is 0.0606. The molecule has 21 heavy (non-hydrogen) atoms. The van der Waals surface area contributed by atoms with Crippen molar-refractivity contribution in [3.05, 3.63) is 58.8 Å². The SMILES string of the molecule is COc1ccc(C(=O)/C=C/Sc2nc(C)cc(C)n2)cc1. The van der Waals surface area contributed by atoms with Gasteiger partial charge in [0.05, 0.1) is 7.11 Å². The van der Waals surface area contributed by atoms with E-state index >= 15 is 0 Å². The van der Waals surface area contributed by atoms with Crippen molar-refractivity contribution in [2.24, 2.45) is 0 Å². The van der Waals surface area contributed by atoms with Gasteiger partial charge in [0.1, 0.15) is 5.75 Å². The molecular weight excluding hydrogens is 284 g/mol. The maximum atomic E-state index is 12.0. The number of allylic oxidation sites excluding steroid dienone is 1. The van der Waals surface area contributed by atoms with Gasteiger partial charge in [-0.15, -0.1) is 0 Å². The van der Waals surface area contributed by atoms with Gasteiger partial charge in [-0.2, -0.15) is 0 Å². The zero-order valence-corrected chi connectivity index (χ0v) is 13.0. The zero-order valence-electron chi connectivity index (χ0n) is 12.2. The minimum Gasteiger partial charge on any atom is -0.497 e. The molecule has 2 aromatic rings. The molecule has 1 aromatic carbocycles. The molecule has 0 aliphatic heterocycles. The molecule has 1 aromatic heterocycles. The fourth-order valence-electron chi connectivity index (χ4n) is 1.75. The molecule has 0 N–H and O–H groups in total. The molecule has 0 unspecified atom stereocenters. The molecule has 5 heteroatoms. The first-order valence-electron chi connectivity index (χ1n) is 6.42. The van der Waals surface area contributed by atoms with E-state index < -0.39 is 0 Å². The van der Waals surface area contributed by atoms with Crippen LogP contribution < -0.4 is 4.74 Å². The third-order valence-corrected chi connectivity index (χ3v) is 3.39. The monoisotopic (exact) mass is 300 g/mol. The van der Waals surface area contributed by atoms with E-state index in [1.807, 2.05) is 19.9 Å². The van der Waals surface area contributed by atoms with Crippen LogP contribution >= 0.6 is 11.8 Å². The van der Waals surface area contributed by atoms with Gasteiger partial charge in [-0.3, -0.25) is 4.79 Å². The molecule has 0 aliphatic rings. The average molecular weight is 300 g/mol. The van der Waals surface area contributed by atoms with Crippen molar-refractivity contribution >= 4 is 17.5 Å². The van der Waals surface area contributed by atoms with Crippen LogP contribution in [0.25, 0.3) is 0 Å². The number of ketones is 1. The Bertz CT molecular complexity index is 646. The number of aryl methyl sites for hydroxylation is 2. The van der Waals surface area contributed by atoms with Gasteiger partial charge in [0.2, 0.25) is 0 Å². The molecule has 0 amide bonds. The number of rotatable bonds is 5. The summed E-state index contributed by atoms with van der Waals surface area (Å²) < 4.78 is 5.06. The van der Waals surface area contributed by atoms with E-state index in [4.69, 9.17) is 4.74 Å². The number of nitrogens with zero attached hydrogens (tertiary/aromatic N) is 2. The Morgan fingerprint density at radius 1 is 1.14 bits per heavy atom. The smallest absolute Gasteiger partial charge is 0.192 e. The lowest BCUT2D eigenvalue weighted by atomic mass is 10.1. The molecule has 0 radical (unpaired) electrons. The van der Waals surface area contributed by atoms with Crippen LogP contribution in [0.2, 0.25) is 0 Å². The molecule has 0 saturated heterocycles. The molecule has 0 spiro atoms. The van der Waals surface area contributed by atoms with Crippen molar-refractivity contribution in [1.29, 1.82) is 0 Å². The van der Waals surface area contributed by atoms with Gasteiger partial charge < -0.3 is 4.74 Å². The number of methoxy groups -OCH3 is 1. The topological polar surface area (TPSA) is 52.1 Å². The van der Waals surface area contributed by atoms with E-state index in [-0.39, 0.29) is 5.78 Å². The maximum absolute atomic E-state index is 12.0. The van der Waals surface area contributed by atoms with E-state index in [1.165, 1.54) is 17.8 Å². The number of ether oxygens (including phenoxy) is 1. The summed E-state index contributed by atoms with van der Waals surface area (Å²) in [6.45, 7) is 3.84. The Morgan fingerprint density at radius 3 is 2.33 bits per heavy atom. The molecule has 0 atom stereocenters. The number of thioether (sulfide) groups is 1. The first kappa shape index (κ1) is 15.3. The van der Waals surface area contributed by atoms with Gasteiger partial charge in [0.15, 0.2) is 10.9 Å². The van der Waals surface area contributed by atoms with Crippen LogP contribution in [0.15, 0.2) is 47.0 Å². The Hall–Kier alpha value is -2.14. The first-order valence-corrected chi connectivity index (χ1v) is 7.30. The molecule has 108 valence electrons. The third kappa shape index (κ3) is 4.43. The predicted octanol–water partition coefficient (Wildman–Crippen LogP) is 3.59. The Balaban J connectivity index is 2.01. The van der Waals surface area contributed by atoms with Crippen molar-refractivity contribution in [2.45, 2.75) is 19.0 Å². The Labute approximate surface area is 128 Å². The van der Waals surface area contributed by atoms with Gasteiger partial charge in [0.25, 0.3) is 0 Å². The third-order valence-electron chi connectivity index (χ3n) is 2.73. The Morgan fingerprint density at radius 2 is 1.76 bits per heavy atom. The highest BCUT2D eigenvalue weighted by Crippen LogP contribution is 2.17. The van der Waals surface area contributed by atoms with Crippen LogP contribution in [0.5, 0.6) is 5.75 Å². The first-order chi connectivity index (χ1) is 10.1. The summed E-state index contributed by atoms with van der Waals surface area (Å²) in [7, 11) is 1.59. The minimum atomic E-state index is -0.0606. The standard InChI is InChI=1S/C16H16N2O2S/c1-11-10-12(2)18-16(17-11)21-9-8-15(19)13-4-6-14(20-3)7-5-13/h4-10H,1-3H3/b9-8+. The lowest BCUT2D eigenvalue weighted by Gasteiger charge is -2.00. The second kappa shape index (κ2) is 7.04. The van der Waals surface area contributed by atoms with Crippen LogP contribution in [-0.4, -0.2) is 22.9 Å². The quantitative estimate of drug-likeness (QED) is 0.365. The fourth-order valence-corrected chi connectivity index (χ4v) is 2.46. The van der Waals surface area contributed by atoms with Crippen molar-refractivity contribution < 1.29 is 9.53 Å². The largest absolute Gasteiger partial charge is 0.497 e. The second-order valence-electron chi connectivity index (χ2n) is 4.45. The van der Waals surface area contributed by atoms with E-state index in [2.05, 4.69) is 9.97 Å². The van der Waals surface area contributed by atoms with Gasteiger partial charge in [-0.1, -0.05) is 11.8 Å². The fraction of sp³-hybridized carbons (Fsp3) is 0.188. The molecule has 0 aliphatic carbocycles. The van der Waals surface area contributed by atoms with Crippen molar-refractivity contribution in [3.8, 4) is 5.75 Å². The number of aromatic nitrogens is 2. The number of hydrogen-bond donors (Lipinski definition) is 0. The van der Waals surface area contributed by atoms with Crippen LogP contribution in [0.1, 0.15) is 21.7 Å². The van der Waals surface area contributed by atoms with E-state index in [9.17, 15) is 4.79 Å². The normalized spacial score (nSPS) is 10.8. The predicted molar refractivity (Wildman–Crippen MR) is 83.8 cm³/mol. The molecule has 2 rings (SSSR count).